The molecule has 0 amide bonds. The SMILES string of the molecule is Cc1nc(N2CCN[C@@H](C)C2)ccc1N. The highest BCUT2D eigenvalue weighted by Crippen LogP contribution is 2.17. The smallest absolute Gasteiger partial charge is 0.129 e. The quantitative estimate of drug-likeness (QED) is 0.712. The van der Waals surface area contributed by atoms with Gasteiger partial charge in [0.1, 0.15) is 5.82 Å². The molecule has 1 atom stereocenters. The molecule has 3 N–H and O–H groups in total. The van der Waals surface area contributed by atoms with Gasteiger partial charge in [-0.25, -0.2) is 4.98 Å². The Kier molecular flexibility index (Phi) is 2.77. The molecule has 2 heterocycles. The van der Waals surface area contributed by atoms with E-state index in [1.807, 2.05) is 19.1 Å². The Hall–Kier alpha value is -1.29. The molecule has 15 heavy (non-hydrogen) atoms. The van der Waals surface area contributed by atoms with Crippen molar-refractivity contribution in [3.8, 4) is 0 Å². The van der Waals surface area contributed by atoms with Crippen molar-refractivity contribution < 1.29 is 0 Å². The fourth-order valence-electron chi connectivity index (χ4n) is 1.88. The third-order valence-electron chi connectivity index (χ3n) is 2.80. The fraction of sp³-hybridized carbons (Fsp3) is 0.545. The van der Waals surface area contributed by atoms with Crippen molar-refractivity contribution in [3.63, 3.8) is 0 Å². The third kappa shape index (κ3) is 2.21. The van der Waals surface area contributed by atoms with Gasteiger partial charge < -0.3 is 16.0 Å². The van der Waals surface area contributed by atoms with E-state index in [0.29, 0.717) is 6.04 Å². The molecule has 1 aliphatic rings. The molecule has 0 unspecified atom stereocenters. The number of hydrogen-bond donors (Lipinski definition) is 2. The molecular formula is C11H18N4. The van der Waals surface area contributed by atoms with E-state index in [-0.39, 0.29) is 0 Å². The van der Waals surface area contributed by atoms with Crippen molar-refractivity contribution in [2.75, 3.05) is 30.3 Å². The monoisotopic (exact) mass is 206 g/mol. The van der Waals surface area contributed by atoms with Crippen LogP contribution in [0.15, 0.2) is 12.1 Å². The predicted octanol–water partition coefficient (Wildman–Crippen LogP) is 0.770. The first-order valence-electron chi connectivity index (χ1n) is 5.38. The lowest BCUT2D eigenvalue weighted by Gasteiger charge is -2.32. The number of hydrogen-bond acceptors (Lipinski definition) is 4. The molecule has 0 aliphatic carbocycles. The number of nitrogens with zero attached hydrogens (tertiary/aromatic N) is 2. The number of nitrogens with one attached hydrogen (secondary N) is 1. The first-order chi connectivity index (χ1) is 7.16. The zero-order chi connectivity index (χ0) is 10.8. The number of aromatic nitrogens is 1. The van der Waals surface area contributed by atoms with Crippen LogP contribution in [0.25, 0.3) is 0 Å². The number of nitrogen functional groups attached to an aromatic ring is 1. The fourth-order valence-corrected chi connectivity index (χ4v) is 1.88. The van der Waals surface area contributed by atoms with Crippen molar-refractivity contribution in [3.05, 3.63) is 17.8 Å². The van der Waals surface area contributed by atoms with Crippen LogP contribution in [-0.2, 0) is 0 Å². The van der Waals surface area contributed by atoms with Crippen LogP contribution in [0.3, 0.4) is 0 Å². The molecule has 2 rings (SSSR count). The molecule has 0 radical (unpaired) electrons. The number of pyridine rings is 1. The molecule has 1 saturated heterocycles. The lowest BCUT2D eigenvalue weighted by molar-refractivity contribution is 0.482. The maximum Gasteiger partial charge on any atom is 0.129 e. The van der Waals surface area contributed by atoms with Crippen LogP contribution in [0.1, 0.15) is 12.6 Å². The number of rotatable bonds is 1. The molecule has 0 saturated carbocycles. The zero-order valence-corrected chi connectivity index (χ0v) is 9.33. The molecule has 1 aliphatic heterocycles. The number of aryl methyl sites for hydroxylation is 1. The van der Waals surface area contributed by atoms with Crippen molar-refractivity contribution >= 4 is 11.5 Å². The van der Waals surface area contributed by atoms with E-state index in [1.165, 1.54) is 0 Å². The summed E-state index contributed by atoms with van der Waals surface area (Å²) in [5, 5.41) is 3.41. The molecule has 1 aromatic heterocycles. The highest BCUT2D eigenvalue weighted by Gasteiger charge is 2.16. The Morgan fingerprint density at radius 3 is 3.00 bits per heavy atom. The lowest BCUT2D eigenvalue weighted by atomic mass is 10.2. The maximum atomic E-state index is 5.75. The minimum Gasteiger partial charge on any atom is -0.397 e. The Morgan fingerprint density at radius 1 is 1.53 bits per heavy atom. The van der Waals surface area contributed by atoms with Crippen molar-refractivity contribution in [2.24, 2.45) is 0 Å². The van der Waals surface area contributed by atoms with Crippen LogP contribution in [0.4, 0.5) is 11.5 Å². The zero-order valence-electron chi connectivity index (χ0n) is 9.33. The molecule has 0 aromatic carbocycles. The molecule has 1 fully saturated rings. The highest BCUT2D eigenvalue weighted by molar-refractivity contribution is 5.50. The molecule has 0 bridgehead atoms. The van der Waals surface area contributed by atoms with Gasteiger partial charge >= 0.3 is 0 Å². The minimum atomic E-state index is 0.526. The molecule has 82 valence electrons. The average Bonchev–Trinajstić information content (AvgIpc) is 2.22. The number of piperazine rings is 1. The van der Waals surface area contributed by atoms with Gasteiger partial charge in [-0.05, 0) is 26.0 Å². The number of nitrogens with two attached hydrogens (primary N) is 1. The number of anilines is 2. The topological polar surface area (TPSA) is 54.2 Å². The standard InChI is InChI=1S/C11H18N4/c1-8-7-15(6-5-13-8)11-4-3-10(12)9(2)14-11/h3-4,8,13H,5-7,12H2,1-2H3/t8-/m0/s1. The van der Waals surface area contributed by atoms with Crippen molar-refractivity contribution in [1.82, 2.24) is 10.3 Å². The van der Waals surface area contributed by atoms with Crippen LogP contribution < -0.4 is 16.0 Å². The van der Waals surface area contributed by atoms with Gasteiger partial charge in [-0.15, -0.1) is 0 Å². The molecule has 0 spiro atoms. The Morgan fingerprint density at radius 2 is 2.33 bits per heavy atom. The van der Waals surface area contributed by atoms with Crippen LogP contribution in [0, 0.1) is 6.92 Å². The first kappa shape index (κ1) is 10.2. The molecule has 4 nitrogen and oxygen atoms in total. The van der Waals surface area contributed by atoms with Crippen molar-refractivity contribution in [1.29, 1.82) is 0 Å². The van der Waals surface area contributed by atoms with Gasteiger partial charge in [-0.1, -0.05) is 0 Å². The van der Waals surface area contributed by atoms with E-state index in [2.05, 4.69) is 22.1 Å². The van der Waals surface area contributed by atoms with Crippen LogP contribution >= 0.6 is 0 Å². The van der Waals surface area contributed by atoms with E-state index in [0.717, 1.165) is 36.8 Å². The van der Waals surface area contributed by atoms with Gasteiger partial charge in [0.25, 0.3) is 0 Å². The Labute approximate surface area is 90.5 Å². The van der Waals surface area contributed by atoms with Gasteiger partial charge in [0, 0.05) is 25.7 Å². The van der Waals surface area contributed by atoms with Gasteiger partial charge in [0.15, 0.2) is 0 Å². The second kappa shape index (κ2) is 4.06. The lowest BCUT2D eigenvalue weighted by Crippen LogP contribution is -2.49. The van der Waals surface area contributed by atoms with Crippen LogP contribution in [0.2, 0.25) is 0 Å². The summed E-state index contributed by atoms with van der Waals surface area (Å²) >= 11 is 0. The molecule has 1 aromatic rings. The molecule has 4 heteroatoms. The summed E-state index contributed by atoms with van der Waals surface area (Å²) in [5.41, 5.74) is 7.43. The summed E-state index contributed by atoms with van der Waals surface area (Å²) in [7, 11) is 0. The summed E-state index contributed by atoms with van der Waals surface area (Å²) in [5.74, 6) is 1.04. The second-order valence-corrected chi connectivity index (χ2v) is 4.15. The van der Waals surface area contributed by atoms with Crippen LogP contribution in [0.5, 0.6) is 0 Å². The summed E-state index contributed by atoms with van der Waals surface area (Å²) in [6.07, 6.45) is 0. The van der Waals surface area contributed by atoms with Crippen molar-refractivity contribution in [2.45, 2.75) is 19.9 Å². The van der Waals surface area contributed by atoms with E-state index in [4.69, 9.17) is 5.73 Å². The Balaban J connectivity index is 2.18. The van der Waals surface area contributed by atoms with E-state index in [9.17, 15) is 0 Å². The normalized spacial score (nSPS) is 21.7. The summed E-state index contributed by atoms with van der Waals surface area (Å²) in [6.45, 7) is 7.18. The maximum absolute atomic E-state index is 5.75. The predicted molar refractivity (Wildman–Crippen MR) is 63.1 cm³/mol. The first-order valence-corrected chi connectivity index (χ1v) is 5.38. The van der Waals surface area contributed by atoms with Gasteiger partial charge in [0.05, 0.1) is 11.4 Å². The summed E-state index contributed by atoms with van der Waals surface area (Å²) < 4.78 is 0. The van der Waals surface area contributed by atoms with Gasteiger partial charge in [-0.2, -0.15) is 0 Å². The summed E-state index contributed by atoms with van der Waals surface area (Å²) in [4.78, 5) is 6.80. The minimum absolute atomic E-state index is 0.526. The van der Waals surface area contributed by atoms with E-state index in [1.54, 1.807) is 0 Å². The second-order valence-electron chi connectivity index (χ2n) is 4.15. The average molecular weight is 206 g/mol. The Bertz CT molecular complexity index is 350. The van der Waals surface area contributed by atoms with Gasteiger partial charge in [-0.3, -0.25) is 0 Å². The highest BCUT2D eigenvalue weighted by atomic mass is 15.2. The van der Waals surface area contributed by atoms with E-state index < -0.39 is 0 Å². The van der Waals surface area contributed by atoms with E-state index >= 15 is 0 Å². The van der Waals surface area contributed by atoms with Gasteiger partial charge in [0.2, 0.25) is 0 Å². The third-order valence-corrected chi connectivity index (χ3v) is 2.80. The van der Waals surface area contributed by atoms with Crippen LogP contribution in [-0.4, -0.2) is 30.7 Å². The largest absolute Gasteiger partial charge is 0.397 e. The molecular weight excluding hydrogens is 188 g/mol. The summed E-state index contributed by atoms with van der Waals surface area (Å²) in [6, 6.07) is 4.46.